The fraction of sp³-hybridized carbons (Fsp3) is 0.316. The number of nitrogens with zero attached hydrogens (tertiary/aromatic N) is 3. The summed E-state index contributed by atoms with van der Waals surface area (Å²) in [5, 5.41) is 1.02. The summed E-state index contributed by atoms with van der Waals surface area (Å²) in [4.78, 5) is 23.3. The van der Waals surface area contributed by atoms with Gasteiger partial charge in [0.1, 0.15) is 5.58 Å². The van der Waals surface area contributed by atoms with Crippen LogP contribution in [0.2, 0.25) is 0 Å². The Morgan fingerprint density at radius 2 is 2.29 bits per heavy atom. The normalized spacial score (nSPS) is 17.5. The van der Waals surface area contributed by atoms with Crippen molar-refractivity contribution < 1.29 is 9.21 Å². The molecule has 0 N–H and O–H groups in total. The van der Waals surface area contributed by atoms with Crippen molar-refractivity contribution in [2.75, 3.05) is 6.54 Å². The second-order valence-corrected chi connectivity index (χ2v) is 6.31. The van der Waals surface area contributed by atoms with Crippen molar-refractivity contribution in [1.29, 1.82) is 0 Å². The molecule has 2 aromatic heterocycles. The summed E-state index contributed by atoms with van der Waals surface area (Å²) in [6, 6.07) is 6.11. The molecular formula is C19H19N3O2. The van der Waals surface area contributed by atoms with Crippen LogP contribution in [0.25, 0.3) is 11.0 Å². The number of benzene rings is 1. The predicted molar refractivity (Wildman–Crippen MR) is 90.4 cm³/mol. The van der Waals surface area contributed by atoms with E-state index < -0.39 is 0 Å². The summed E-state index contributed by atoms with van der Waals surface area (Å²) in [7, 11) is 0. The molecule has 0 radical (unpaired) electrons. The third-order valence-corrected chi connectivity index (χ3v) is 4.65. The van der Waals surface area contributed by atoms with Gasteiger partial charge < -0.3 is 9.32 Å². The van der Waals surface area contributed by atoms with Crippen LogP contribution in [0.15, 0.2) is 47.5 Å². The molecule has 4 rings (SSSR count). The van der Waals surface area contributed by atoms with Crippen molar-refractivity contribution in [3.8, 4) is 0 Å². The van der Waals surface area contributed by atoms with Gasteiger partial charge in [-0.05, 0) is 31.4 Å². The number of hydrogen-bond acceptors (Lipinski definition) is 4. The Hall–Kier alpha value is -2.69. The Kier molecular flexibility index (Phi) is 3.76. The molecule has 0 aliphatic carbocycles. The molecule has 1 aliphatic heterocycles. The highest BCUT2D eigenvalue weighted by Crippen LogP contribution is 2.31. The number of aryl methyl sites for hydroxylation is 1. The summed E-state index contributed by atoms with van der Waals surface area (Å²) in [6.45, 7) is 2.80. The molecule has 0 spiro atoms. The Bertz CT molecular complexity index is 873. The third kappa shape index (κ3) is 2.66. The highest BCUT2D eigenvalue weighted by atomic mass is 16.3. The topological polar surface area (TPSA) is 59.2 Å². The number of furan rings is 1. The van der Waals surface area contributed by atoms with E-state index in [1.807, 2.05) is 30.0 Å². The summed E-state index contributed by atoms with van der Waals surface area (Å²) >= 11 is 0. The molecule has 0 saturated carbocycles. The van der Waals surface area contributed by atoms with Gasteiger partial charge in [-0.25, -0.2) is 0 Å². The largest absolute Gasteiger partial charge is 0.464 e. The van der Waals surface area contributed by atoms with E-state index in [9.17, 15) is 4.79 Å². The molecule has 122 valence electrons. The molecule has 1 amide bonds. The number of carbonyl (C=O) groups excluding carboxylic acids is 1. The zero-order valence-corrected chi connectivity index (χ0v) is 13.6. The van der Waals surface area contributed by atoms with Crippen LogP contribution in [0.4, 0.5) is 0 Å². The lowest BCUT2D eigenvalue weighted by Gasteiger charge is -2.24. The van der Waals surface area contributed by atoms with Gasteiger partial charge in [-0.1, -0.05) is 12.1 Å². The Morgan fingerprint density at radius 3 is 3.12 bits per heavy atom. The molecule has 1 saturated heterocycles. The standard InChI is InChI=1S/C19H19N3O2/c1-13-4-5-15-14(12-24-18(15)9-13)10-19(23)22-8-2-3-17(22)16-11-20-6-7-21-16/h4-7,9,11-12,17H,2-3,8,10H2,1H3/t17-/m1/s1. The minimum atomic E-state index is 0.0339. The smallest absolute Gasteiger partial charge is 0.227 e. The van der Waals surface area contributed by atoms with Gasteiger partial charge in [-0.2, -0.15) is 0 Å². The van der Waals surface area contributed by atoms with Gasteiger partial charge in [-0.15, -0.1) is 0 Å². The molecule has 3 aromatic rings. The Balaban J connectivity index is 1.57. The lowest BCUT2D eigenvalue weighted by atomic mass is 10.1. The van der Waals surface area contributed by atoms with Crippen molar-refractivity contribution >= 4 is 16.9 Å². The van der Waals surface area contributed by atoms with Crippen LogP contribution in [0, 0.1) is 6.92 Å². The van der Waals surface area contributed by atoms with E-state index in [1.165, 1.54) is 0 Å². The fourth-order valence-electron chi connectivity index (χ4n) is 3.45. The third-order valence-electron chi connectivity index (χ3n) is 4.65. The van der Waals surface area contributed by atoms with Gasteiger partial charge in [-0.3, -0.25) is 14.8 Å². The van der Waals surface area contributed by atoms with Crippen LogP contribution in [-0.4, -0.2) is 27.3 Å². The average Bonchev–Trinajstić information content (AvgIpc) is 3.23. The van der Waals surface area contributed by atoms with Gasteiger partial charge in [0.05, 0.1) is 30.6 Å². The number of likely N-dealkylation sites (tertiary alicyclic amines) is 1. The molecule has 3 heterocycles. The molecule has 0 unspecified atom stereocenters. The minimum absolute atomic E-state index is 0.0339. The molecule has 5 nitrogen and oxygen atoms in total. The number of rotatable bonds is 3. The average molecular weight is 321 g/mol. The monoisotopic (exact) mass is 321 g/mol. The minimum Gasteiger partial charge on any atom is -0.464 e. The Morgan fingerprint density at radius 1 is 1.38 bits per heavy atom. The van der Waals surface area contributed by atoms with Crippen molar-refractivity contribution in [3.63, 3.8) is 0 Å². The Labute approximate surface area is 140 Å². The van der Waals surface area contributed by atoms with E-state index in [0.717, 1.165) is 47.2 Å². The van der Waals surface area contributed by atoms with E-state index in [1.54, 1.807) is 24.9 Å². The maximum Gasteiger partial charge on any atom is 0.227 e. The zero-order chi connectivity index (χ0) is 16.5. The number of aromatic nitrogens is 2. The molecule has 0 bridgehead atoms. The molecular weight excluding hydrogens is 302 g/mol. The number of carbonyl (C=O) groups is 1. The molecule has 1 aromatic carbocycles. The van der Waals surface area contributed by atoms with Crippen molar-refractivity contribution in [2.45, 2.75) is 32.2 Å². The molecule has 1 fully saturated rings. The lowest BCUT2D eigenvalue weighted by molar-refractivity contribution is -0.131. The van der Waals surface area contributed by atoms with Gasteiger partial charge in [0.25, 0.3) is 0 Å². The number of hydrogen-bond donors (Lipinski definition) is 0. The zero-order valence-electron chi connectivity index (χ0n) is 13.6. The first-order valence-corrected chi connectivity index (χ1v) is 8.24. The van der Waals surface area contributed by atoms with Crippen LogP contribution in [-0.2, 0) is 11.2 Å². The molecule has 5 heteroatoms. The first-order chi connectivity index (χ1) is 11.7. The van der Waals surface area contributed by atoms with Gasteiger partial charge >= 0.3 is 0 Å². The summed E-state index contributed by atoms with van der Waals surface area (Å²) in [6.07, 6.45) is 9.09. The van der Waals surface area contributed by atoms with E-state index in [2.05, 4.69) is 9.97 Å². The van der Waals surface area contributed by atoms with Crippen molar-refractivity contribution in [1.82, 2.24) is 14.9 Å². The number of fused-ring (bicyclic) bond motifs is 1. The summed E-state index contributed by atoms with van der Waals surface area (Å²) in [5.74, 6) is 0.117. The van der Waals surface area contributed by atoms with Crippen LogP contribution in [0.3, 0.4) is 0 Å². The van der Waals surface area contributed by atoms with Gasteiger partial charge in [0, 0.05) is 29.9 Å². The highest BCUT2D eigenvalue weighted by Gasteiger charge is 2.31. The van der Waals surface area contributed by atoms with Crippen molar-refractivity contribution in [3.05, 3.63) is 59.9 Å². The first-order valence-electron chi connectivity index (χ1n) is 8.24. The SMILES string of the molecule is Cc1ccc2c(CC(=O)N3CCC[C@@H]3c3cnccn3)coc2c1. The van der Waals surface area contributed by atoms with E-state index in [-0.39, 0.29) is 11.9 Å². The van der Waals surface area contributed by atoms with E-state index in [4.69, 9.17) is 4.42 Å². The maximum atomic E-state index is 12.8. The van der Waals surface area contributed by atoms with Gasteiger partial charge in [0.15, 0.2) is 0 Å². The second-order valence-electron chi connectivity index (χ2n) is 6.31. The van der Waals surface area contributed by atoms with E-state index in [0.29, 0.717) is 6.42 Å². The molecule has 24 heavy (non-hydrogen) atoms. The first kappa shape index (κ1) is 14.9. The molecule has 1 atom stereocenters. The maximum absolute atomic E-state index is 12.8. The van der Waals surface area contributed by atoms with Gasteiger partial charge in [0.2, 0.25) is 5.91 Å². The molecule has 1 aliphatic rings. The highest BCUT2D eigenvalue weighted by molar-refractivity contribution is 5.88. The summed E-state index contributed by atoms with van der Waals surface area (Å²) in [5.41, 5.74) is 3.80. The van der Waals surface area contributed by atoms with Crippen LogP contribution >= 0.6 is 0 Å². The van der Waals surface area contributed by atoms with E-state index >= 15 is 0 Å². The fourth-order valence-corrected chi connectivity index (χ4v) is 3.45. The van der Waals surface area contributed by atoms with Crippen LogP contribution in [0.5, 0.6) is 0 Å². The van der Waals surface area contributed by atoms with Crippen LogP contribution in [0.1, 0.15) is 35.7 Å². The van der Waals surface area contributed by atoms with Crippen LogP contribution < -0.4 is 0 Å². The number of amides is 1. The summed E-state index contributed by atoms with van der Waals surface area (Å²) < 4.78 is 5.61. The second kappa shape index (κ2) is 6.07. The predicted octanol–water partition coefficient (Wildman–Crippen LogP) is 3.44. The van der Waals surface area contributed by atoms with Crippen molar-refractivity contribution in [2.24, 2.45) is 0 Å². The quantitative estimate of drug-likeness (QED) is 0.741. The lowest BCUT2D eigenvalue weighted by Crippen LogP contribution is -2.32.